The number of ketones is 1. The van der Waals surface area contributed by atoms with E-state index in [1.807, 2.05) is 30.3 Å². The van der Waals surface area contributed by atoms with E-state index in [2.05, 4.69) is 9.47 Å². The summed E-state index contributed by atoms with van der Waals surface area (Å²) in [5, 5.41) is 0. The zero-order valence-electron chi connectivity index (χ0n) is 19.2. The maximum atomic E-state index is 13.4. The minimum atomic E-state index is -2.91. The van der Waals surface area contributed by atoms with Crippen LogP contribution in [0.1, 0.15) is 16.7 Å². The first kappa shape index (κ1) is 25.2. The molecular weight excluding hydrogens is 474 g/mol. The molecular formula is C28H24F4NO3+. The van der Waals surface area contributed by atoms with Crippen molar-refractivity contribution in [2.75, 3.05) is 13.1 Å². The Kier molecular flexibility index (Phi) is 8.17. The molecule has 8 heteroatoms. The molecule has 3 aromatic carbocycles. The predicted molar refractivity (Wildman–Crippen MR) is 128 cm³/mol. The molecule has 0 spiro atoms. The quantitative estimate of drug-likeness (QED) is 0.350. The first-order valence-electron chi connectivity index (χ1n) is 11.3. The summed E-state index contributed by atoms with van der Waals surface area (Å²) in [6.45, 7) is -4.14. The molecule has 3 aromatic rings. The van der Waals surface area contributed by atoms with Gasteiger partial charge in [-0.3, -0.25) is 4.79 Å². The smallest absolute Gasteiger partial charge is 0.387 e. The maximum Gasteiger partial charge on any atom is 0.387 e. The van der Waals surface area contributed by atoms with Gasteiger partial charge in [0.1, 0.15) is 31.1 Å². The van der Waals surface area contributed by atoms with Gasteiger partial charge in [0, 0.05) is 5.56 Å². The minimum Gasteiger partial charge on any atom is -0.435 e. The minimum absolute atomic E-state index is 0.0401. The number of piperidine rings is 1. The highest BCUT2D eigenvalue weighted by Gasteiger charge is 2.29. The fourth-order valence-corrected chi connectivity index (χ4v) is 4.10. The zero-order chi connectivity index (χ0) is 25.5. The number of Topliss-reactive ketones (excluding diaryl/α,β-unsaturated/α-hetero) is 1. The lowest BCUT2D eigenvalue weighted by atomic mass is 9.94. The molecule has 1 N–H and O–H groups in total. The molecule has 1 aliphatic heterocycles. The summed E-state index contributed by atoms with van der Waals surface area (Å²) in [6.07, 6.45) is 3.51. The number of nitrogens with one attached hydrogen (secondary N) is 1. The number of carbonyl (C=O) groups excluding carboxylic acids is 1. The fourth-order valence-electron chi connectivity index (χ4n) is 4.10. The number of hydrogen-bond acceptors (Lipinski definition) is 3. The van der Waals surface area contributed by atoms with Gasteiger partial charge in [0.05, 0.1) is 11.1 Å². The number of quaternary nitrogens is 1. The number of rotatable bonds is 8. The Labute approximate surface area is 206 Å². The molecule has 1 fully saturated rings. The second kappa shape index (κ2) is 11.7. The topological polar surface area (TPSA) is 40.0 Å². The molecule has 0 saturated carbocycles. The molecule has 0 aromatic heterocycles. The lowest BCUT2D eigenvalue weighted by Gasteiger charge is -2.27. The Hall–Kier alpha value is -3.91. The summed E-state index contributed by atoms with van der Waals surface area (Å²) in [5.41, 5.74) is 3.67. The number of hydrogen-bond donors (Lipinski definition) is 1. The highest BCUT2D eigenvalue weighted by Crippen LogP contribution is 2.21. The molecule has 4 rings (SSSR count). The lowest BCUT2D eigenvalue weighted by molar-refractivity contribution is -0.904. The van der Waals surface area contributed by atoms with Crippen LogP contribution < -0.4 is 14.4 Å². The molecule has 186 valence electrons. The van der Waals surface area contributed by atoms with Crippen molar-refractivity contribution in [3.63, 3.8) is 0 Å². The molecule has 1 saturated heterocycles. The van der Waals surface area contributed by atoms with E-state index in [1.165, 1.54) is 24.3 Å². The molecule has 0 unspecified atom stereocenters. The third kappa shape index (κ3) is 7.05. The maximum absolute atomic E-state index is 13.4. The number of alkyl halides is 4. The first-order valence-corrected chi connectivity index (χ1v) is 11.3. The van der Waals surface area contributed by atoms with Gasteiger partial charge < -0.3 is 14.4 Å². The van der Waals surface area contributed by atoms with E-state index in [0.29, 0.717) is 41.9 Å². The van der Waals surface area contributed by atoms with Crippen LogP contribution in [0.2, 0.25) is 0 Å². The Morgan fingerprint density at radius 3 is 1.56 bits per heavy atom. The molecule has 36 heavy (non-hydrogen) atoms. The molecule has 1 heterocycles. The van der Waals surface area contributed by atoms with Crippen LogP contribution in [-0.4, -0.2) is 32.1 Å². The van der Waals surface area contributed by atoms with Crippen molar-refractivity contribution in [1.82, 2.24) is 0 Å². The van der Waals surface area contributed by atoms with E-state index in [4.69, 9.17) is 0 Å². The van der Waals surface area contributed by atoms with Gasteiger partial charge in [-0.25, -0.2) is 0 Å². The predicted octanol–water partition coefficient (Wildman–Crippen LogP) is 5.02. The lowest BCUT2D eigenvalue weighted by Crippen LogP contribution is -3.12. The Bertz CT molecular complexity index is 1150. The zero-order valence-corrected chi connectivity index (χ0v) is 19.2. The molecule has 4 nitrogen and oxygen atoms in total. The Morgan fingerprint density at radius 1 is 0.694 bits per heavy atom. The third-order valence-electron chi connectivity index (χ3n) is 5.65. The van der Waals surface area contributed by atoms with E-state index in [0.717, 1.165) is 10.5 Å². The van der Waals surface area contributed by atoms with Crippen molar-refractivity contribution in [3.05, 3.63) is 107 Å². The van der Waals surface area contributed by atoms with E-state index in [9.17, 15) is 22.4 Å². The van der Waals surface area contributed by atoms with Crippen molar-refractivity contribution < 1.29 is 36.7 Å². The number of benzene rings is 3. The normalized spacial score (nSPS) is 18.3. The molecule has 0 amide bonds. The third-order valence-corrected chi connectivity index (χ3v) is 5.65. The summed E-state index contributed by atoms with van der Waals surface area (Å²) in [5.74, 6) is -0.0377. The van der Waals surface area contributed by atoms with Crippen LogP contribution in [0.5, 0.6) is 11.5 Å². The fraction of sp³-hybridized carbons (Fsp3) is 0.179. The highest BCUT2D eigenvalue weighted by atomic mass is 19.3. The van der Waals surface area contributed by atoms with Gasteiger partial charge in [-0.05, 0) is 47.5 Å². The van der Waals surface area contributed by atoms with Crippen LogP contribution in [0.25, 0.3) is 12.2 Å². The van der Waals surface area contributed by atoms with Crippen LogP contribution in [0.15, 0.2) is 90.0 Å². The number of ether oxygens (including phenoxy) is 2. The molecule has 0 bridgehead atoms. The van der Waals surface area contributed by atoms with Crippen molar-refractivity contribution in [2.45, 2.75) is 19.8 Å². The van der Waals surface area contributed by atoms with Crippen LogP contribution >= 0.6 is 0 Å². The summed E-state index contributed by atoms with van der Waals surface area (Å²) in [7, 11) is 0. The second-order valence-corrected chi connectivity index (χ2v) is 8.33. The molecule has 1 aliphatic rings. The second-order valence-electron chi connectivity index (χ2n) is 8.33. The van der Waals surface area contributed by atoms with Gasteiger partial charge in [-0.15, -0.1) is 0 Å². The van der Waals surface area contributed by atoms with Crippen molar-refractivity contribution in [2.24, 2.45) is 0 Å². The van der Waals surface area contributed by atoms with Crippen LogP contribution in [0, 0.1) is 0 Å². The molecule has 0 radical (unpaired) electrons. The van der Waals surface area contributed by atoms with Crippen LogP contribution in [-0.2, 0) is 11.3 Å². The van der Waals surface area contributed by atoms with Gasteiger partial charge in [0.2, 0.25) is 0 Å². The summed E-state index contributed by atoms with van der Waals surface area (Å²) >= 11 is 0. The molecule has 0 atom stereocenters. The van der Waals surface area contributed by atoms with Gasteiger partial charge in [-0.1, -0.05) is 54.6 Å². The van der Waals surface area contributed by atoms with Gasteiger partial charge in [0.25, 0.3) is 0 Å². The van der Waals surface area contributed by atoms with E-state index in [1.54, 1.807) is 36.4 Å². The summed E-state index contributed by atoms with van der Waals surface area (Å²) in [4.78, 5) is 14.5. The summed E-state index contributed by atoms with van der Waals surface area (Å²) < 4.78 is 58.5. The van der Waals surface area contributed by atoms with E-state index >= 15 is 0 Å². The van der Waals surface area contributed by atoms with Crippen molar-refractivity contribution in [3.8, 4) is 11.5 Å². The van der Waals surface area contributed by atoms with Crippen molar-refractivity contribution >= 4 is 17.9 Å². The SMILES string of the molecule is O=C1/C(=C/c2ccc(OC(F)F)cc2)C[NH+](Cc2ccccc2)C/C1=C\c1ccc(OC(F)F)cc1. The van der Waals surface area contributed by atoms with Gasteiger partial charge in [0.15, 0.2) is 5.78 Å². The first-order chi connectivity index (χ1) is 17.4. The van der Waals surface area contributed by atoms with E-state index in [-0.39, 0.29) is 17.3 Å². The Morgan fingerprint density at radius 2 is 1.14 bits per heavy atom. The highest BCUT2D eigenvalue weighted by molar-refractivity contribution is 6.14. The van der Waals surface area contributed by atoms with Crippen LogP contribution in [0.3, 0.4) is 0 Å². The summed E-state index contributed by atoms with van der Waals surface area (Å²) in [6, 6.07) is 22.1. The number of likely N-dealkylation sites (tertiary alicyclic amines) is 1. The monoisotopic (exact) mass is 498 g/mol. The number of carbonyl (C=O) groups is 1. The van der Waals surface area contributed by atoms with Gasteiger partial charge in [-0.2, -0.15) is 17.6 Å². The average Bonchev–Trinajstić information content (AvgIpc) is 2.84. The van der Waals surface area contributed by atoms with Crippen molar-refractivity contribution in [1.29, 1.82) is 0 Å². The standard InChI is InChI=1S/C28H23F4NO3/c29-27(30)35-24-10-6-19(7-11-24)14-22-17-33(16-21-4-2-1-3-5-21)18-23(26(22)34)15-20-8-12-25(13-9-20)36-28(31)32/h1-15,27-28H,16-18H2/p+1/b22-14+,23-15+. The average molecular weight is 498 g/mol. The van der Waals surface area contributed by atoms with Gasteiger partial charge >= 0.3 is 13.2 Å². The Balaban J connectivity index is 1.61. The largest absolute Gasteiger partial charge is 0.435 e. The van der Waals surface area contributed by atoms with Crippen LogP contribution in [0.4, 0.5) is 17.6 Å². The number of halogens is 4. The molecule has 0 aliphatic carbocycles. The van der Waals surface area contributed by atoms with E-state index < -0.39 is 13.2 Å².